The Kier molecular flexibility index (Phi) is 9.73. The zero-order chi connectivity index (χ0) is 38.6. The third-order valence-corrected chi connectivity index (χ3v) is 13.2. The third-order valence-electron chi connectivity index (χ3n) is 11.1. The molecule has 4 N–H and O–H groups in total. The van der Waals surface area contributed by atoms with E-state index in [1.165, 1.54) is 17.0 Å². The van der Waals surface area contributed by atoms with Crippen molar-refractivity contribution >= 4 is 44.7 Å². The largest absolute Gasteiger partial charge is 0.471 e. The van der Waals surface area contributed by atoms with Crippen LogP contribution in [0.25, 0.3) is 11.0 Å². The summed E-state index contributed by atoms with van der Waals surface area (Å²) in [6.07, 6.45) is 7.06. The van der Waals surface area contributed by atoms with Crippen molar-refractivity contribution in [3.63, 3.8) is 0 Å². The van der Waals surface area contributed by atoms with Crippen molar-refractivity contribution in [3.05, 3.63) is 58.8 Å². The number of benzene rings is 1. The molecule has 288 valence electrons. The first-order chi connectivity index (χ1) is 25.6. The lowest BCUT2D eigenvalue weighted by Gasteiger charge is -2.30. The Morgan fingerprint density at radius 1 is 1.07 bits per heavy atom. The fraction of sp³-hybridized carbons (Fsp3) is 0.541. The molecule has 5 unspecified atom stereocenters. The van der Waals surface area contributed by atoms with Crippen molar-refractivity contribution in [2.45, 2.75) is 114 Å². The second-order valence-electron chi connectivity index (χ2n) is 15.4. The van der Waals surface area contributed by atoms with Gasteiger partial charge in [0.1, 0.15) is 40.9 Å². The summed E-state index contributed by atoms with van der Waals surface area (Å²) in [4.78, 5) is 66.4. The number of carbonyl (C=O) groups excluding carboxylic acids is 4. The van der Waals surface area contributed by atoms with Crippen LogP contribution in [0.2, 0.25) is 0 Å². The number of sulfonamides is 1. The fourth-order valence-electron chi connectivity index (χ4n) is 7.34. The van der Waals surface area contributed by atoms with Gasteiger partial charge >= 0.3 is 0 Å². The maximum Gasteiger partial charge on any atom is 0.272 e. The minimum absolute atomic E-state index is 0.0211. The molecule has 4 aliphatic rings. The molecule has 2 aliphatic carbocycles. The number of aromatic amines is 1. The predicted molar refractivity (Wildman–Crippen MR) is 194 cm³/mol. The molecule has 5 atom stereocenters. The molecule has 2 aromatic heterocycles. The topological polar surface area (TPSA) is 205 Å². The first-order valence-electron chi connectivity index (χ1n) is 18.4. The van der Waals surface area contributed by atoms with Gasteiger partial charge in [0.15, 0.2) is 0 Å². The van der Waals surface area contributed by atoms with Crippen LogP contribution in [0.5, 0.6) is 5.88 Å². The van der Waals surface area contributed by atoms with Gasteiger partial charge in [-0.3, -0.25) is 29.0 Å². The summed E-state index contributed by atoms with van der Waals surface area (Å²) in [5.41, 5.74) is 1.04. The summed E-state index contributed by atoms with van der Waals surface area (Å²) >= 11 is 0. The highest BCUT2D eigenvalue weighted by molar-refractivity contribution is 7.91. The number of fused-ring (bicyclic) bond motifs is 3. The molecular weight excluding hydrogens is 720 g/mol. The summed E-state index contributed by atoms with van der Waals surface area (Å²) in [6.45, 7) is 6.66. The van der Waals surface area contributed by atoms with Gasteiger partial charge in [0.2, 0.25) is 27.7 Å². The van der Waals surface area contributed by atoms with E-state index in [0.717, 1.165) is 12.8 Å². The smallest absolute Gasteiger partial charge is 0.272 e. The van der Waals surface area contributed by atoms with E-state index in [1.807, 2.05) is 12.2 Å². The van der Waals surface area contributed by atoms with Crippen LogP contribution in [-0.4, -0.2) is 92.1 Å². The molecule has 54 heavy (non-hydrogen) atoms. The average molecular weight is 765 g/mol. The standard InChI is InChI=1S/C37H45FN8O7S/c1-20-14-24(38)16-27-30(20)39-22(3)33(41-27)53-25-17-29-32(48)42-37(35(50)45-54(51,52)36(4)12-13-36)18-23(37)10-8-6-5-7-9-11-26(34(49)46(29)19-25)40-31(47)28-15-21(2)43-44-28/h8,10,14-16,23,25-26,29H,5-7,9,11-13,17-19H2,1-4H3,(H,40,47)(H,42,48)(H,43,44)(H,45,50). The number of nitrogens with zero attached hydrogens (tertiary/aromatic N) is 4. The number of nitrogens with one attached hydrogen (secondary N) is 4. The van der Waals surface area contributed by atoms with Crippen molar-refractivity contribution in [2.75, 3.05) is 6.54 Å². The molecule has 2 aliphatic heterocycles. The maximum atomic E-state index is 14.5. The van der Waals surface area contributed by atoms with Crippen molar-refractivity contribution in [1.82, 2.24) is 40.4 Å². The molecule has 0 radical (unpaired) electrons. The Hall–Kier alpha value is -4.93. The van der Waals surface area contributed by atoms with Crippen LogP contribution in [0.15, 0.2) is 30.4 Å². The van der Waals surface area contributed by atoms with E-state index in [0.29, 0.717) is 54.6 Å². The third kappa shape index (κ3) is 7.29. The molecule has 1 aromatic carbocycles. The highest BCUT2D eigenvalue weighted by atomic mass is 32.2. The molecule has 4 heterocycles. The lowest BCUT2D eigenvalue weighted by molar-refractivity contribution is -0.141. The van der Waals surface area contributed by atoms with E-state index in [9.17, 15) is 32.0 Å². The van der Waals surface area contributed by atoms with Gasteiger partial charge in [-0.15, -0.1) is 0 Å². The van der Waals surface area contributed by atoms with Crippen LogP contribution in [0.4, 0.5) is 4.39 Å². The van der Waals surface area contributed by atoms with Gasteiger partial charge < -0.3 is 20.3 Å². The molecule has 4 amide bonds. The number of carbonyl (C=O) groups is 4. The first-order valence-corrected chi connectivity index (χ1v) is 19.9. The van der Waals surface area contributed by atoms with Crippen LogP contribution in [0, 0.1) is 32.5 Å². The van der Waals surface area contributed by atoms with Crippen LogP contribution in [0.3, 0.4) is 0 Å². The minimum Gasteiger partial charge on any atom is -0.471 e. The molecule has 3 aromatic rings. The van der Waals surface area contributed by atoms with E-state index in [-0.39, 0.29) is 36.5 Å². The molecule has 2 saturated carbocycles. The van der Waals surface area contributed by atoms with Gasteiger partial charge in [0.05, 0.1) is 22.3 Å². The zero-order valence-corrected chi connectivity index (χ0v) is 31.5. The Bertz CT molecular complexity index is 2170. The van der Waals surface area contributed by atoms with Crippen molar-refractivity contribution in [1.29, 1.82) is 0 Å². The van der Waals surface area contributed by atoms with Crippen LogP contribution < -0.4 is 20.1 Å². The molecule has 1 saturated heterocycles. The minimum atomic E-state index is -4.01. The number of ether oxygens (including phenoxy) is 1. The van der Waals surface area contributed by atoms with Crippen LogP contribution in [-0.2, 0) is 24.4 Å². The van der Waals surface area contributed by atoms with Gasteiger partial charge in [-0.2, -0.15) is 5.10 Å². The van der Waals surface area contributed by atoms with Gasteiger partial charge in [-0.05, 0) is 83.9 Å². The second-order valence-corrected chi connectivity index (χ2v) is 17.6. The van der Waals surface area contributed by atoms with E-state index in [2.05, 4.69) is 35.5 Å². The van der Waals surface area contributed by atoms with Gasteiger partial charge in [0, 0.05) is 24.1 Å². The Labute approximate surface area is 312 Å². The highest BCUT2D eigenvalue weighted by Crippen LogP contribution is 2.47. The number of amides is 4. The van der Waals surface area contributed by atoms with E-state index < -0.39 is 73.9 Å². The molecule has 0 bridgehead atoms. The number of hydrogen-bond donors (Lipinski definition) is 4. The lowest BCUT2D eigenvalue weighted by atomic mass is 10.0. The summed E-state index contributed by atoms with van der Waals surface area (Å²) in [6, 6.07) is 1.99. The predicted octanol–water partition coefficient (Wildman–Crippen LogP) is 2.96. The van der Waals surface area contributed by atoms with Crippen molar-refractivity contribution in [2.24, 2.45) is 5.92 Å². The van der Waals surface area contributed by atoms with Gasteiger partial charge in [-0.25, -0.2) is 22.8 Å². The average Bonchev–Trinajstić information content (AvgIpc) is 3.91. The number of aromatic nitrogens is 4. The quantitative estimate of drug-likeness (QED) is 0.259. The Morgan fingerprint density at radius 3 is 2.57 bits per heavy atom. The van der Waals surface area contributed by atoms with Crippen molar-refractivity contribution < 1.29 is 36.7 Å². The zero-order valence-electron chi connectivity index (χ0n) is 30.7. The second kappa shape index (κ2) is 14.0. The highest BCUT2D eigenvalue weighted by Gasteiger charge is 2.63. The summed E-state index contributed by atoms with van der Waals surface area (Å²) in [5.74, 6) is -3.42. The summed E-state index contributed by atoms with van der Waals surface area (Å²) in [5, 5.41) is 12.4. The molecule has 17 heteroatoms. The molecular formula is C37H45FN8O7S. The molecule has 15 nitrogen and oxygen atoms in total. The molecule has 7 rings (SSSR count). The first kappa shape index (κ1) is 37.4. The number of halogens is 1. The molecule has 3 fully saturated rings. The number of allylic oxidation sites excluding steroid dienone is 1. The Balaban J connectivity index is 1.20. The van der Waals surface area contributed by atoms with Gasteiger partial charge in [-0.1, -0.05) is 25.0 Å². The lowest BCUT2D eigenvalue weighted by Crippen LogP contribution is -2.58. The number of H-pyrrole nitrogens is 1. The van der Waals surface area contributed by atoms with Crippen LogP contribution >= 0.6 is 0 Å². The SMILES string of the molecule is Cc1cc(C(=O)NC2CCCCCC=CC3CC3(C(=O)NS(=O)(=O)C3(C)CC3)NC(=O)C3CC(Oc4nc5cc(F)cc(C)c5nc4C)CN3C2=O)n[nH]1. The van der Waals surface area contributed by atoms with E-state index in [1.54, 1.807) is 33.8 Å². The maximum absolute atomic E-state index is 14.5. The Morgan fingerprint density at radius 2 is 1.85 bits per heavy atom. The summed E-state index contributed by atoms with van der Waals surface area (Å²) in [7, 11) is -4.01. The molecule has 0 spiro atoms. The normalized spacial score (nSPS) is 26.9. The van der Waals surface area contributed by atoms with E-state index >= 15 is 0 Å². The number of aryl methyl sites for hydroxylation is 3. The van der Waals surface area contributed by atoms with E-state index in [4.69, 9.17) is 4.74 Å². The number of rotatable bonds is 7. The number of hydrogen-bond acceptors (Lipinski definition) is 10. The monoisotopic (exact) mass is 764 g/mol. The fourth-order valence-corrected chi connectivity index (χ4v) is 8.65. The van der Waals surface area contributed by atoms with Crippen molar-refractivity contribution in [3.8, 4) is 5.88 Å². The van der Waals surface area contributed by atoms with Gasteiger partial charge in [0.25, 0.3) is 11.8 Å². The summed E-state index contributed by atoms with van der Waals surface area (Å²) < 4.78 is 48.0. The van der Waals surface area contributed by atoms with Crippen LogP contribution in [0.1, 0.15) is 92.2 Å².